The largest absolute Gasteiger partial charge is 0.461 e. The summed E-state index contributed by atoms with van der Waals surface area (Å²) in [7, 11) is 0. The van der Waals surface area contributed by atoms with Crippen LogP contribution >= 0.6 is 11.8 Å². The van der Waals surface area contributed by atoms with Crippen molar-refractivity contribution in [3.63, 3.8) is 0 Å². The molecule has 126 valence electrons. The molecule has 2 aliphatic carbocycles. The molecule has 1 aromatic heterocycles. The Balaban J connectivity index is 1.58. The van der Waals surface area contributed by atoms with Gasteiger partial charge >= 0.3 is 5.97 Å². The molecule has 4 nitrogen and oxygen atoms in total. The first-order chi connectivity index (χ1) is 10.7. The summed E-state index contributed by atoms with van der Waals surface area (Å²) in [6, 6.07) is 1.93. The maximum atomic E-state index is 12.3. The molecule has 5 heteroatoms. The number of thioether (sulfide) groups is 1. The van der Waals surface area contributed by atoms with Crippen molar-refractivity contribution in [3.05, 3.63) is 17.5 Å². The zero-order chi connectivity index (χ0) is 16.8. The summed E-state index contributed by atoms with van der Waals surface area (Å²) in [5.41, 5.74) is 2.24. The lowest BCUT2D eigenvalue weighted by molar-refractivity contribution is -0.153. The van der Waals surface area contributed by atoms with E-state index in [2.05, 4.69) is 30.7 Å². The molecular weight excluding hydrogens is 308 g/mol. The molecule has 0 unspecified atom stereocenters. The first-order valence-electron chi connectivity index (χ1n) is 8.37. The molecule has 1 aromatic rings. The summed E-state index contributed by atoms with van der Waals surface area (Å²) >= 11 is 1.36. The molecule has 1 heterocycles. The second-order valence-electron chi connectivity index (χ2n) is 7.81. The fraction of sp³-hybridized carbons (Fsp3) is 0.722. The van der Waals surface area contributed by atoms with Gasteiger partial charge in [0.1, 0.15) is 6.10 Å². The Morgan fingerprint density at radius 2 is 1.96 bits per heavy atom. The van der Waals surface area contributed by atoms with Gasteiger partial charge in [-0.2, -0.15) is 0 Å². The van der Waals surface area contributed by atoms with E-state index in [-0.39, 0.29) is 28.7 Å². The topological polar surface area (TPSA) is 52.1 Å². The average molecular weight is 334 g/mol. The molecule has 0 saturated heterocycles. The molecule has 0 aromatic carbocycles. The summed E-state index contributed by atoms with van der Waals surface area (Å²) in [6.45, 7) is 10.8. The molecule has 2 saturated carbocycles. The van der Waals surface area contributed by atoms with E-state index in [0.29, 0.717) is 11.1 Å². The zero-order valence-corrected chi connectivity index (χ0v) is 15.5. The van der Waals surface area contributed by atoms with Gasteiger partial charge in [0.05, 0.1) is 5.75 Å². The van der Waals surface area contributed by atoms with E-state index < -0.39 is 0 Å². The van der Waals surface area contributed by atoms with Crippen LogP contribution < -0.4 is 0 Å². The van der Waals surface area contributed by atoms with Crippen LogP contribution in [0.25, 0.3) is 0 Å². The number of rotatable bonds is 4. The first-order valence-corrected chi connectivity index (χ1v) is 9.35. The third-order valence-electron chi connectivity index (χ3n) is 6.27. The molecule has 3 atom stereocenters. The number of esters is 1. The summed E-state index contributed by atoms with van der Waals surface area (Å²) in [5, 5.41) is 0.652. The Bertz CT molecular complexity index is 611. The van der Waals surface area contributed by atoms with Gasteiger partial charge in [-0.05, 0) is 50.5 Å². The first kappa shape index (κ1) is 16.7. The van der Waals surface area contributed by atoms with Crippen LogP contribution in [0, 0.1) is 30.6 Å². The maximum absolute atomic E-state index is 12.3. The standard InChI is InChI=1S/C18H26N2O2S/c1-11-8-12(2)20-16(19-11)23-10-15(21)22-14-9-13-6-7-18(14,5)17(13,3)4/h8,13-14H,6-7,9-10H2,1-5H3/t13-,14-,18-/m1/s1. The fourth-order valence-corrected chi connectivity index (χ4v) is 5.11. The summed E-state index contributed by atoms with van der Waals surface area (Å²) in [5.74, 6) is 0.814. The predicted octanol–water partition coefficient (Wildman–Crippen LogP) is 3.94. The van der Waals surface area contributed by atoms with Gasteiger partial charge < -0.3 is 4.74 Å². The summed E-state index contributed by atoms with van der Waals surface area (Å²) in [4.78, 5) is 21.0. The SMILES string of the molecule is Cc1cc(C)nc(SCC(=O)O[C@@H]2C[C@H]3CC[C@@]2(C)C3(C)C)n1. The highest BCUT2D eigenvalue weighted by molar-refractivity contribution is 7.99. The van der Waals surface area contributed by atoms with Gasteiger partial charge in [-0.1, -0.05) is 32.5 Å². The van der Waals surface area contributed by atoms with Crippen LogP contribution in [0.1, 0.15) is 51.4 Å². The van der Waals surface area contributed by atoms with Gasteiger partial charge in [0.15, 0.2) is 5.16 Å². The minimum absolute atomic E-state index is 0.0597. The van der Waals surface area contributed by atoms with Crippen molar-refractivity contribution in [2.45, 2.75) is 65.1 Å². The van der Waals surface area contributed by atoms with Crippen LogP contribution in [0.3, 0.4) is 0 Å². The molecule has 2 fully saturated rings. The van der Waals surface area contributed by atoms with E-state index in [9.17, 15) is 4.79 Å². The number of hydrogen-bond donors (Lipinski definition) is 0. The lowest BCUT2D eigenvalue weighted by atomic mass is 9.70. The fourth-order valence-electron chi connectivity index (χ4n) is 4.38. The van der Waals surface area contributed by atoms with E-state index in [1.807, 2.05) is 19.9 Å². The van der Waals surface area contributed by atoms with Crippen molar-refractivity contribution in [3.8, 4) is 0 Å². The zero-order valence-electron chi connectivity index (χ0n) is 14.7. The quantitative estimate of drug-likeness (QED) is 0.474. The van der Waals surface area contributed by atoms with E-state index in [1.165, 1.54) is 18.2 Å². The van der Waals surface area contributed by atoms with Crippen molar-refractivity contribution in [2.75, 3.05) is 5.75 Å². The number of ether oxygens (including phenoxy) is 1. The molecule has 3 rings (SSSR count). The Hall–Kier alpha value is -1.10. The Kier molecular flexibility index (Phi) is 4.20. The van der Waals surface area contributed by atoms with Crippen molar-refractivity contribution in [2.24, 2.45) is 16.7 Å². The molecule has 0 spiro atoms. The van der Waals surface area contributed by atoms with Gasteiger partial charge in [-0.3, -0.25) is 4.79 Å². The minimum atomic E-state index is -0.146. The van der Waals surface area contributed by atoms with E-state index >= 15 is 0 Å². The summed E-state index contributed by atoms with van der Waals surface area (Å²) in [6.07, 6.45) is 3.50. The van der Waals surface area contributed by atoms with Crippen molar-refractivity contribution < 1.29 is 9.53 Å². The second-order valence-corrected chi connectivity index (χ2v) is 8.75. The molecule has 23 heavy (non-hydrogen) atoms. The number of carbonyl (C=O) groups is 1. The van der Waals surface area contributed by atoms with E-state index in [1.54, 1.807) is 0 Å². The number of carbonyl (C=O) groups excluding carboxylic acids is 1. The van der Waals surface area contributed by atoms with E-state index in [0.717, 1.165) is 24.2 Å². The van der Waals surface area contributed by atoms with Crippen LogP contribution in [-0.4, -0.2) is 27.8 Å². The highest BCUT2D eigenvalue weighted by Gasteiger charge is 2.62. The van der Waals surface area contributed by atoms with Crippen LogP contribution in [0.4, 0.5) is 0 Å². The third-order valence-corrected chi connectivity index (χ3v) is 7.09. The van der Waals surface area contributed by atoms with Crippen LogP contribution in [0.2, 0.25) is 0 Å². The molecule has 2 bridgehead atoms. The Morgan fingerprint density at radius 3 is 2.48 bits per heavy atom. The minimum Gasteiger partial charge on any atom is -0.461 e. The van der Waals surface area contributed by atoms with Gasteiger partial charge in [0.2, 0.25) is 0 Å². The monoisotopic (exact) mass is 334 g/mol. The molecule has 0 N–H and O–H groups in total. The van der Waals surface area contributed by atoms with Gasteiger partial charge in [0.25, 0.3) is 0 Å². The van der Waals surface area contributed by atoms with Crippen LogP contribution in [-0.2, 0) is 9.53 Å². The maximum Gasteiger partial charge on any atom is 0.316 e. The second kappa shape index (κ2) is 5.76. The molecule has 0 aliphatic heterocycles. The predicted molar refractivity (Wildman–Crippen MR) is 91.3 cm³/mol. The lowest BCUT2D eigenvalue weighted by Crippen LogP contribution is -2.38. The Labute approximate surface area is 142 Å². The number of fused-ring (bicyclic) bond motifs is 2. The Morgan fingerprint density at radius 1 is 1.30 bits per heavy atom. The van der Waals surface area contributed by atoms with Gasteiger partial charge in [-0.25, -0.2) is 9.97 Å². The third kappa shape index (κ3) is 2.88. The number of hydrogen-bond acceptors (Lipinski definition) is 5. The molecule has 0 radical (unpaired) electrons. The molecular formula is C18H26N2O2S. The van der Waals surface area contributed by atoms with Crippen LogP contribution in [0.5, 0.6) is 0 Å². The average Bonchev–Trinajstić information content (AvgIpc) is 2.77. The highest BCUT2D eigenvalue weighted by atomic mass is 32.2. The van der Waals surface area contributed by atoms with Gasteiger partial charge in [-0.15, -0.1) is 0 Å². The van der Waals surface area contributed by atoms with Gasteiger partial charge in [0, 0.05) is 16.8 Å². The molecule has 2 aliphatic rings. The summed E-state index contributed by atoms with van der Waals surface area (Å²) < 4.78 is 5.85. The molecule has 0 amide bonds. The normalized spacial score (nSPS) is 31.3. The van der Waals surface area contributed by atoms with Crippen molar-refractivity contribution in [1.29, 1.82) is 0 Å². The van der Waals surface area contributed by atoms with Crippen molar-refractivity contribution in [1.82, 2.24) is 9.97 Å². The number of nitrogens with zero attached hydrogens (tertiary/aromatic N) is 2. The lowest BCUT2D eigenvalue weighted by Gasteiger charge is -2.38. The number of aromatic nitrogens is 2. The van der Waals surface area contributed by atoms with Crippen LogP contribution in [0.15, 0.2) is 11.2 Å². The highest BCUT2D eigenvalue weighted by Crippen LogP contribution is 2.66. The number of aryl methyl sites for hydroxylation is 2. The van der Waals surface area contributed by atoms with E-state index in [4.69, 9.17) is 4.74 Å². The smallest absolute Gasteiger partial charge is 0.316 e. The van der Waals surface area contributed by atoms with Crippen molar-refractivity contribution >= 4 is 17.7 Å².